The molecule has 1 N–H and O–H groups in total. The Morgan fingerprint density at radius 3 is 2.67 bits per heavy atom. The van der Waals surface area contributed by atoms with Crippen molar-refractivity contribution in [2.24, 2.45) is 0 Å². The number of phenols is 1. The van der Waals surface area contributed by atoms with Gasteiger partial charge in [-0.25, -0.2) is 0 Å². The van der Waals surface area contributed by atoms with Crippen LogP contribution in [0.4, 0.5) is 0 Å². The molecular weight excluding hydrogens is 306 g/mol. The summed E-state index contributed by atoms with van der Waals surface area (Å²) in [6, 6.07) is 14.0. The Bertz CT molecular complexity index is 949. The zero-order chi connectivity index (χ0) is 17.1. The molecule has 1 aromatic heterocycles. The van der Waals surface area contributed by atoms with Gasteiger partial charge in [-0.05, 0) is 18.2 Å². The Hall–Kier alpha value is -3.15. The van der Waals surface area contributed by atoms with Crippen LogP contribution >= 0.6 is 0 Å². The van der Waals surface area contributed by atoms with Crippen molar-refractivity contribution < 1.29 is 9.90 Å². The van der Waals surface area contributed by atoms with Gasteiger partial charge >= 0.3 is 0 Å². The van der Waals surface area contributed by atoms with E-state index in [9.17, 15) is 14.7 Å². The van der Waals surface area contributed by atoms with Gasteiger partial charge in [-0.15, -0.1) is 0 Å². The highest BCUT2D eigenvalue weighted by Crippen LogP contribution is 2.17. The van der Waals surface area contributed by atoms with E-state index in [1.807, 2.05) is 6.07 Å². The van der Waals surface area contributed by atoms with Crippen molar-refractivity contribution in [1.82, 2.24) is 14.7 Å². The van der Waals surface area contributed by atoms with Crippen LogP contribution in [-0.4, -0.2) is 32.7 Å². The fourth-order valence-corrected chi connectivity index (χ4v) is 2.52. The molecule has 1 heterocycles. The monoisotopic (exact) mass is 323 g/mol. The summed E-state index contributed by atoms with van der Waals surface area (Å²) >= 11 is 0. The zero-order valence-electron chi connectivity index (χ0n) is 13.2. The third-order valence-electron chi connectivity index (χ3n) is 3.87. The predicted octanol–water partition coefficient (Wildman–Crippen LogP) is 1.76. The minimum atomic E-state index is -0.170. The normalized spacial score (nSPS) is 10.7. The summed E-state index contributed by atoms with van der Waals surface area (Å²) < 4.78 is 1.51. The van der Waals surface area contributed by atoms with Gasteiger partial charge in [0.1, 0.15) is 12.3 Å². The number of fused-ring (bicyclic) bond motifs is 1. The molecule has 0 saturated carbocycles. The first-order valence-electron chi connectivity index (χ1n) is 7.52. The van der Waals surface area contributed by atoms with Gasteiger partial charge < -0.3 is 10.0 Å². The number of hydrogen-bond acceptors (Lipinski definition) is 4. The lowest BCUT2D eigenvalue weighted by Gasteiger charge is -2.19. The number of rotatable bonds is 4. The Labute approximate surface area is 138 Å². The molecule has 6 heteroatoms. The van der Waals surface area contributed by atoms with Gasteiger partial charge in [-0.2, -0.15) is 5.10 Å². The molecular formula is C18H17N3O3. The van der Waals surface area contributed by atoms with E-state index in [-0.39, 0.29) is 23.6 Å². The number of aromatic nitrogens is 2. The fourth-order valence-electron chi connectivity index (χ4n) is 2.52. The number of amides is 1. The average molecular weight is 323 g/mol. The van der Waals surface area contributed by atoms with E-state index in [0.29, 0.717) is 23.0 Å². The highest BCUT2D eigenvalue weighted by molar-refractivity contribution is 5.81. The minimum Gasteiger partial charge on any atom is -0.508 e. The van der Waals surface area contributed by atoms with Crippen molar-refractivity contribution in [3.05, 3.63) is 70.5 Å². The summed E-state index contributed by atoms with van der Waals surface area (Å²) in [5, 5.41) is 14.4. The van der Waals surface area contributed by atoms with Gasteiger partial charge in [-0.1, -0.05) is 30.3 Å². The van der Waals surface area contributed by atoms with Crippen LogP contribution in [0.25, 0.3) is 10.9 Å². The highest BCUT2D eigenvalue weighted by atomic mass is 16.3. The molecule has 6 nitrogen and oxygen atoms in total. The molecule has 1 amide bonds. The van der Waals surface area contributed by atoms with E-state index >= 15 is 0 Å². The molecule has 0 unspecified atom stereocenters. The standard InChI is InChI=1S/C18H17N3O3/c1-20(11-13-6-2-5-9-16(13)22)18(24)12-21-15-8-4-3-7-14(15)17(23)10-19-21/h2-10,22H,11-12H2,1H3. The summed E-state index contributed by atoms with van der Waals surface area (Å²) in [6.45, 7) is 0.314. The van der Waals surface area contributed by atoms with Crippen molar-refractivity contribution in [3.8, 4) is 5.75 Å². The SMILES string of the molecule is CN(Cc1ccccc1O)C(=O)Cn1ncc(=O)c2ccccc21. The number of para-hydroxylation sites is 2. The van der Waals surface area contributed by atoms with Crippen LogP contribution in [0.2, 0.25) is 0 Å². The van der Waals surface area contributed by atoms with Crippen LogP contribution in [0.15, 0.2) is 59.5 Å². The maximum atomic E-state index is 12.5. The quantitative estimate of drug-likeness (QED) is 0.794. The van der Waals surface area contributed by atoms with Gasteiger partial charge in [-0.3, -0.25) is 14.3 Å². The number of carbonyl (C=O) groups is 1. The van der Waals surface area contributed by atoms with Gasteiger partial charge in [0.25, 0.3) is 0 Å². The van der Waals surface area contributed by atoms with E-state index in [4.69, 9.17) is 0 Å². The molecule has 0 radical (unpaired) electrons. The Kier molecular flexibility index (Phi) is 4.29. The van der Waals surface area contributed by atoms with E-state index in [2.05, 4.69) is 5.10 Å². The number of carbonyl (C=O) groups excluding carboxylic acids is 1. The predicted molar refractivity (Wildman–Crippen MR) is 90.6 cm³/mol. The molecule has 0 fully saturated rings. The van der Waals surface area contributed by atoms with Gasteiger partial charge in [0.2, 0.25) is 11.3 Å². The number of hydrogen-bond donors (Lipinski definition) is 1. The molecule has 0 bridgehead atoms. The number of aromatic hydroxyl groups is 1. The summed E-state index contributed by atoms with van der Waals surface area (Å²) in [6.07, 6.45) is 1.22. The first-order valence-corrected chi connectivity index (χ1v) is 7.52. The lowest BCUT2D eigenvalue weighted by molar-refractivity contribution is -0.131. The molecule has 24 heavy (non-hydrogen) atoms. The number of benzene rings is 2. The molecule has 2 aromatic carbocycles. The van der Waals surface area contributed by atoms with Crippen molar-refractivity contribution >= 4 is 16.8 Å². The molecule has 0 atom stereocenters. The van der Waals surface area contributed by atoms with Crippen LogP contribution in [0.1, 0.15) is 5.56 Å². The van der Waals surface area contributed by atoms with Crippen LogP contribution in [0.3, 0.4) is 0 Å². The first-order chi connectivity index (χ1) is 11.6. The third-order valence-corrected chi connectivity index (χ3v) is 3.87. The molecule has 0 aliphatic heterocycles. The van der Waals surface area contributed by atoms with E-state index in [0.717, 1.165) is 0 Å². The Morgan fingerprint density at radius 2 is 1.88 bits per heavy atom. The van der Waals surface area contributed by atoms with Gasteiger partial charge in [0.05, 0.1) is 11.7 Å². The van der Waals surface area contributed by atoms with E-state index in [1.165, 1.54) is 15.8 Å². The fraction of sp³-hybridized carbons (Fsp3) is 0.167. The zero-order valence-corrected chi connectivity index (χ0v) is 13.2. The summed E-state index contributed by atoms with van der Waals surface area (Å²) in [5.41, 5.74) is 1.12. The van der Waals surface area contributed by atoms with Gasteiger partial charge in [0, 0.05) is 24.5 Å². The second-order valence-corrected chi connectivity index (χ2v) is 5.56. The van der Waals surface area contributed by atoms with Crippen LogP contribution in [0, 0.1) is 0 Å². The average Bonchev–Trinajstić information content (AvgIpc) is 2.59. The molecule has 122 valence electrons. The second kappa shape index (κ2) is 6.54. The largest absolute Gasteiger partial charge is 0.508 e. The number of phenolic OH excluding ortho intramolecular Hbond substituents is 1. The first kappa shape index (κ1) is 15.7. The minimum absolute atomic E-state index is 0.0187. The van der Waals surface area contributed by atoms with Crippen molar-refractivity contribution in [2.75, 3.05) is 7.05 Å². The maximum absolute atomic E-state index is 12.5. The topological polar surface area (TPSA) is 75.4 Å². The van der Waals surface area contributed by atoms with E-state index < -0.39 is 0 Å². The molecule has 3 aromatic rings. The molecule has 0 aliphatic rings. The molecule has 0 spiro atoms. The molecule has 0 aliphatic carbocycles. The summed E-state index contributed by atoms with van der Waals surface area (Å²) in [4.78, 5) is 25.8. The smallest absolute Gasteiger partial charge is 0.244 e. The second-order valence-electron chi connectivity index (χ2n) is 5.56. The molecule has 3 rings (SSSR count). The third kappa shape index (κ3) is 3.12. The van der Waals surface area contributed by atoms with Crippen molar-refractivity contribution in [3.63, 3.8) is 0 Å². The highest BCUT2D eigenvalue weighted by Gasteiger charge is 2.13. The summed E-state index contributed by atoms with van der Waals surface area (Å²) in [5.74, 6) is -0.0105. The Balaban J connectivity index is 1.81. The van der Waals surface area contributed by atoms with Gasteiger partial charge in [0.15, 0.2) is 0 Å². The number of likely N-dealkylation sites (N-methyl/N-ethyl adjacent to an activating group) is 1. The Morgan fingerprint density at radius 1 is 1.17 bits per heavy atom. The van der Waals surface area contributed by atoms with Crippen LogP contribution in [-0.2, 0) is 17.9 Å². The maximum Gasteiger partial charge on any atom is 0.244 e. The van der Waals surface area contributed by atoms with Crippen LogP contribution in [0.5, 0.6) is 5.75 Å². The van der Waals surface area contributed by atoms with Crippen LogP contribution < -0.4 is 5.43 Å². The molecule has 0 saturated heterocycles. The van der Waals surface area contributed by atoms with E-state index in [1.54, 1.807) is 49.5 Å². The number of nitrogens with zero attached hydrogens (tertiary/aromatic N) is 3. The summed E-state index contributed by atoms with van der Waals surface area (Å²) in [7, 11) is 1.67. The van der Waals surface area contributed by atoms with Crippen molar-refractivity contribution in [2.45, 2.75) is 13.1 Å². The lowest BCUT2D eigenvalue weighted by atomic mass is 10.2. The van der Waals surface area contributed by atoms with Crippen molar-refractivity contribution in [1.29, 1.82) is 0 Å². The lowest BCUT2D eigenvalue weighted by Crippen LogP contribution is -2.31.